The zero-order chi connectivity index (χ0) is 29.6. The molecule has 41 heavy (non-hydrogen) atoms. The van der Waals surface area contributed by atoms with Crippen LogP contribution in [0.1, 0.15) is 33.7 Å². The SMILES string of the molecule is COc1cc(OCc2ccc(C)cc2)ccc1CN(CC(F)(F)F)C(=O)C1c2ccccc2-c2ccccc21.P=S. The number of ether oxygens (including phenoxy) is 2. The number of hydrogen-bond donors (Lipinski definition) is 0. The van der Waals surface area contributed by atoms with E-state index >= 15 is 0 Å². The Labute approximate surface area is 245 Å². The highest BCUT2D eigenvalue weighted by molar-refractivity contribution is 7.88. The predicted molar refractivity (Wildman–Crippen MR) is 159 cm³/mol. The summed E-state index contributed by atoms with van der Waals surface area (Å²) in [5, 5.41) is 0. The maximum atomic E-state index is 13.9. The van der Waals surface area contributed by atoms with Crippen molar-refractivity contribution in [1.29, 1.82) is 0 Å². The van der Waals surface area contributed by atoms with E-state index in [4.69, 9.17) is 9.47 Å². The van der Waals surface area contributed by atoms with E-state index in [-0.39, 0.29) is 6.54 Å². The van der Waals surface area contributed by atoms with Gasteiger partial charge in [0.15, 0.2) is 0 Å². The van der Waals surface area contributed by atoms with Crippen LogP contribution in [-0.4, -0.2) is 30.6 Å². The Kier molecular flexibility index (Phi) is 9.79. The number of carbonyl (C=O) groups excluding carboxylic acids is 1. The number of amides is 1. The lowest BCUT2D eigenvalue weighted by Crippen LogP contribution is -2.41. The van der Waals surface area contributed by atoms with Crippen LogP contribution in [0, 0.1) is 6.92 Å². The number of halogens is 3. The first kappa shape index (κ1) is 30.2. The number of fused-ring (bicyclic) bond motifs is 3. The molecule has 5 rings (SSSR count). The van der Waals surface area contributed by atoms with Gasteiger partial charge in [-0.15, -0.1) is 0 Å². The Bertz CT molecular complexity index is 1470. The topological polar surface area (TPSA) is 38.8 Å². The number of methoxy groups -OCH3 is 1. The molecule has 0 spiro atoms. The standard InChI is InChI=1S/C32H28F3NO3.HPS/c1-21-11-13-22(14-12-21)19-39-24-16-15-23(29(17-24)38-2)18-36(20-32(33,34)35)31(37)30-27-9-5-3-7-25(27)26-8-4-6-10-28(26)30;1-2/h3-17,30H,18-20H2,1-2H3;1H. The highest BCUT2D eigenvalue weighted by Gasteiger charge is 2.40. The van der Waals surface area contributed by atoms with Gasteiger partial charge in [-0.3, -0.25) is 4.79 Å². The molecule has 0 saturated heterocycles. The zero-order valence-electron chi connectivity index (χ0n) is 22.6. The summed E-state index contributed by atoms with van der Waals surface area (Å²) in [7, 11) is 4.00. The minimum atomic E-state index is -4.57. The van der Waals surface area contributed by atoms with Gasteiger partial charge in [-0.1, -0.05) is 90.2 Å². The highest BCUT2D eigenvalue weighted by atomic mass is 32.4. The van der Waals surface area contributed by atoms with Gasteiger partial charge in [0.25, 0.3) is 0 Å². The molecule has 0 atom stereocenters. The van der Waals surface area contributed by atoms with E-state index in [9.17, 15) is 18.0 Å². The van der Waals surface area contributed by atoms with Crippen molar-refractivity contribution >= 4 is 25.7 Å². The first-order valence-electron chi connectivity index (χ1n) is 12.8. The maximum absolute atomic E-state index is 13.9. The first-order valence-corrected chi connectivity index (χ1v) is 14.5. The maximum Gasteiger partial charge on any atom is 0.406 e. The fourth-order valence-corrected chi connectivity index (χ4v) is 5.03. The summed E-state index contributed by atoms with van der Waals surface area (Å²) < 4.78 is 52.6. The normalized spacial score (nSPS) is 12.0. The highest BCUT2D eigenvalue weighted by Crippen LogP contribution is 2.45. The molecule has 4 aromatic carbocycles. The molecular weight excluding hydrogens is 566 g/mol. The predicted octanol–water partition coefficient (Wildman–Crippen LogP) is 7.88. The monoisotopic (exact) mass is 595 g/mol. The molecule has 1 aliphatic carbocycles. The van der Waals surface area contributed by atoms with Gasteiger partial charge in [-0.25, -0.2) is 0 Å². The number of alkyl halides is 3. The Hall–Kier alpha value is -3.74. The molecule has 0 heterocycles. The van der Waals surface area contributed by atoms with Crippen molar-refractivity contribution in [3.63, 3.8) is 0 Å². The lowest BCUT2D eigenvalue weighted by atomic mass is 9.95. The van der Waals surface area contributed by atoms with Crippen molar-refractivity contribution in [3.8, 4) is 22.6 Å². The molecule has 0 bridgehead atoms. The second-order valence-corrected chi connectivity index (χ2v) is 9.66. The Morgan fingerprint density at radius 1 is 0.902 bits per heavy atom. The van der Waals surface area contributed by atoms with Gasteiger partial charge in [0.05, 0.1) is 13.0 Å². The van der Waals surface area contributed by atoms with Crippen molar-refractivity contribution in [2.24, 2.45) is 0 Å². The summed E-state index contributed by atoms with van der Waals surface area (Å²) in [5.41, 5.74) is 5.75. The Balaban J connectivity index is 0.00000189. The number of nitrogens with zero attached hydrogens (tertiary/aromatic N) is 1. The molecule has 1 amide bonds. The largest absolute Gasteiger partial charge is 0.496 e. The van der Waals surface area contributed by atoms with Gasteiger partial charge in [0, 0.05) is 18.2 Å². The molecule has 0 radical (unpaired) electrons. The third kappa shape index (κ3) is 7.13. The molecule has 0 aliphatic heterocycles. The van der Waals surface area contributed by atoms with Gasteiger partial charge in [0.1, 0.15) is 24.7 Å². The number of rotatable bonds is 8. The second-order valence-electron chi connectivity index (χ2n) is 9.66. The first-order chi connectivity index (χ1) is 19.7. The van der Waals surface area contributed by atoms with E-state index in [0.29, 0.717) is 34.8 Å². The molecule has 0 fully saturated rings. The molecule has 1 aliphatic rings. The Morgan fingerprint density at radius 2 is 1.49 bits per heavy atom. The van der Waals surface area contributed by atoms with Crippen LogP contribution in [0.4, 0.5) is 13.2 Å². The van der Waals surface area contributed by atoms with E-state index in [0.717, 1.165) is 27.2 Å². The van der Waals surface area contributed by atoms with E-state index in [1.54, 1.807) is 30.3 Å². The van der Waals surface area contributed by atoms with Crippen LogP contribution in [0.5, 0.6) is 11.5 Å². The molecule has 9 heteroatoms. The van der Waals surface area contributed by atoms with Crippen LogP contribution >= 0.6 is 8.02 Å². The summed E-state index contributed by atoms with van der Waals surface area (Å²) in [6.07, 6.45) is -4.57. The number of benzene rings is 4. The van der Waals surface area contributed by atoms with Crippen molar-refractivity contribution in [2.75, 3.05) is 13.7 Å². The van der Waals surface area contributed by atoms with Gasteiger partial charge >= 0.3 is 6.18 Å². The minimum Gasteiger partial charge on any atom is -0.496 e. The molecule has 212 valence electrons. The van der Waals surface area contributed by atoms with E-state index in [1.165, 1.54) is 7.11 Å². The van der Waals surface area contributed by atoms with Gasteiger partial charge in [0.2, 0.25) is 5.91 Å². The number of hydrogen-bond acceptors (Lipinski definition) is 4. The van der Waals surface area contributed by atoms with Crippen LogP contribution in [0.2, 0.25) is 0 Å². The molecule has 0 unspecified atom stereocenters. The summed E-state index contributed by atoms with van der Waals surface area (Å²) in [5.74, 6) is -0.554. The molecular formula is C32H29F3NO3PS. The Morgan fingerprint density at radius 3 is 2.05 bits per heavy atom. The molecule has 0 aromatic heterocycles. The van der Waals surface area contributed by atoms with E-state index in [2.05, 4.69) is 19.8 Å². The third-order valence-corrected chi connectivity index (χ3v) is 6.91. The van der Waals surface area contributed by atoms with Crippen molar-refractivity contribution in [1.82, 2.24) is 4.90 Å². The van der Waals surface area contributed by atoms with Crippen LogP contribution in [0.3, 0.4) is 0 Å². The van der Waals surface area contributed by atoms with Crippen LogP contribution < -0.4 is 9.47 Å². The minimum absolute atomic E-state index is 0.263. The van der Waals surface area contributed by atoms with E-state index < -0.39 is 24.5 Å². The van der Waals surface area contributed by atoms with Crippen molar-refractivity contribution in [3.05, 3.63) is 119 Å². The van der Waals surface area contributed by atoms with Gasteiger partial charge < -0.3 is 14.4 Å². The van der Waals surface area contributed by atoms with Crippen molar-refractivity contribution < 1.29 is 27.4 Å². The molecule has 4 aromatic rings. The lowest BCUT2D eigenvalue weighted by Gasteiger charge is -2.28. The lowest BCUT2D eigenvalue weighted by molar-refractivity contribution is -0.162. The molecule has 4 nitrogen and oxygen atoms in total. The average Bonchev–Trinajstić information content (AvgIpc) is 3.31. The fourth-order valence-electron chi connectivity index (χ4n) is 5.03. The van der Waals surface area contributed by atoms with Crippen LogP contribution in [0.25, 0.3) is 11.1 Å². The molecule has 0 N–H and O–H groups in total. The van der Waals surface area contributed by atoms with Crippen molar-refractivity contribution in [2.45, 2.75) is 32.2 Å². The third-order valence-electron chi connectivity index (χ3n) is 6.91. The summed E-state index contributed by atoms with van der Waals surface area (Å²) >= 11 is 3.89. The fraction of sp³-hybridized carbons (Fsp3) is 0.219. The summed E-state index contributed by atoms with van der Waals surface area (Å²) in [6.45, 7) is 0.704. The number of carbonyl (C=O) groups is 1. The summed E-state index contributed by atoms with van der Waals surface area (Å²) in [6, 6.07) is 27.7. The second kappa shape index (κ2) is 13.3. The van der Waals surface area contributed by atoms with Gasteiger partial charge in [-0.2, -0.15) is 13.2 Å². The summed E-state index contributed by atoms with van der Waals surface area (Å²) in [4.78, 5) is 14.7. The number of aryl methyl sites for hydroxylation is 1. The zero-order valence-corrected chi connectivity index (χ0v) is 24.4. The van der Waals surface area contributed by atoms with Gasteiger partial charge in [-0.05, 0) is 54.9 Å². The average molecular weight is 596 g/mol. The van der Waals surface area contributed by atoms with E-state index in [1.807, 2.05) is 67.6 Å². The smallest absolute Gasteiger partial charge is 0.406 e. The van der Waals surface area contributed by atoms with Crippen LogP contribution in [-0.2, 0) is 29.8 Å². The van der Waals surface area contributed by atoms with Crippen LogP contribution in [0.15, 0.2) is 91.0 Å². The molecule has 0 saturated carbocycles. The quantitative estimate of drug-likeness (QED) is 0.194.